The lowest BCUT2D eigenvalue weighted by atomic mass is 9.90. The lowest BCUT2D eigenvalue weighted by Gasteiger charge is -2.22. The van der Waals surface area contributed by atoms with Gasteiger partial charge in [-0.1, -0.05) is 31.4 Å². The van der Waals surface area contributed by atoms with Crippen LogP contribution in [0.25, 0.3) is 0 Å². The molecule has 3 rings (SSSR count). The SMILES string of the molecule is COc1cc(CC(=O)Nc2ncccc2OCC2CCCCC2)ccc1C. The number of nitrogens with zero attached hydrogens (tertiary/aromatic N) is 1. The Hall–Kier alpha value is -2.56. The summed E-state index contributed by atoms with van der Waals surface area (Å²) in [6, 6.07) is 9.49. The molecule has 1 aromatic heterocycles. The van der Waals surface area contributed by atoms with E-state index < -0.39 is 0 Å². The maximum absolute atomic E-state index is 12.5. The highest BCUT2D eigenvalue weighted by Gasteiger charge is 2.16. The number of aryl methyl sites for hydroxylation is 1. The van der Waals surface area contributed by atoms with Crippen LogP contribution in [0.2, 0.25) is 0 Å². The maximum Gasteiger partial charge on any atom is 0.230 e. The molecule has 1 aliphatic rings. The van der Waals surface area contributed by atoms with E-state index in [9.17, 15) is 4.79 Å². The van der Waals surface area contributed by atoms with Crippen molar-refractivity contribution in [2.45, 2.75) is 45.4 Å². The molecular formula is C22H28N2O3. The second-order valence-electron chi connectivity index (χ2n) is 7.19. The van der Waals surface area contributed by atoms with E-state index in [-0.39, 0.29) is 12.3 Å². The summed E-state index contributed by atoms with van der Waals surface area (Å²) >= 11 is 0. The van der Waals surface area contributed by atoms with E-state index in [2.05, 4.69) is 10.3 Å². The monoisotopic (exact) mass is 368 g/mol. The van der Waals surface area contributed by atoms with E-state index >= 15 is 0 Å². The van der Waals surface area contributed by atoms with Crippen LogP contribution in [-0.4, -0.2) is 24.6 Å². The van der Waals surface area contributed by atoms with Gasteiger partial charge >= 0.3 is 0 Å². The zero-order valence-corrected chi connectivity index (χ0v) is 16.2. The second-order valence-corrected chi connectivity index (χ2v) is 7.19. The minimum Gasteiger partial charge on any atom is -0.496 e. The molecule has 27 heavy (non-hydrogen) atoms. The standard InChI is InChI=1S/C22H28N2O3/c1-16-10-11-18(13-20(16)26-2)14-21(25)24-22-19(9-6-12-23-22)27-15-17-7-4-3-5-8-17/h6,9-13,17H,3-5,7-8,14-15H2,1-2H3,(H,23,24,25). The molecular weight excluding hydrogens is 340 g/mol. The normalized spacial score (nSPS) is 14.6. The molecule has 1 aliphatic carbocycles. The molecule has 0 spiro atoms. The van der Waals surface area contributed by atoms with Crippen molar-refractivity contribution in [1.29, 1.82) is 0 Å². The summed E-state index contributed by atoms with van der Waals surface area (Å²) in [5.41, 5.74) is 1.94. The molecule has 0 unspecified atom stereocenters. The van der Waals surface area contributed by atoms with Crippen molar-refractivity contribution in [2.75, 3.05) is 19.0 Å². The summed E-state index contributed by atoms with van der Waals surface area (Å²) in [6.45, 7) is 2.66. The molecule has 2 aromatic rings. The molecule has 1 heterocycles. The van der Waals surface area contributed by atoms with Crippen molar-refractivity contribution >= 4 is 11.7 Å². The summed E-state index contributed by atoms with van der Waals surface area (Å²) < 4.78 is 11.3. The third-order valence-corrected chi connectivity index (χ3v) is 5.06. The fourth-order valence-corrected chi connectivity index (χ4v) is 3.50. The van der Waals surface area contributed by atoms with Crippen LogP contribution in [0, 0.1) is 12.8 Å². The van der Waals surface area contributed by atoms with Gasteiger partial charge in [0.15, 0.2) is 11.6 Å². The van der Waals surface area contributed by atoms with Crippen LogP contribution < -0.4 is 14.8 Å². The molecule has 144 valence electrons. The first-order valence-corrected chi connectivity index (χ1v) is 9.67. The largest absolute Gasteiger partial charge is 0.496 e. The summed E-state index contributed by atoms with van der Waals surface area (Å²) in [5.74, 6) is 2.38. The minimum atomic E-state index is -0.123. The first kappa shape index (κ1) is 19.2. The first-order valence-electron chi connectivity index (χ1n) is 9.67. The molecule has 0 bridgehead atoms. The zero-order valence-electron chi connectivity index (χ0n) is 16.2. The summed E-state index contributed by atoms with van der Waals surface area (Å²) in [7, 11) is 1.63. The highest BCUT2D eigenvalue weighted by molar-refractivity contribution is 5.92. The van der Waals surface area contributed by atoms with E-state index in [4.69, 9.17) is 9.47 Å². The van der Waals surface area contributed by atoms with Crippen LogP contribution in [0.5, 0.6) is 11.5 Å². The predicted molar refractivity (Wildman–Crippen MR) is 106 cm³/mol. The van der Waals surface area contributed by atoms with E-state index in [0.717, 1.165) is 16.9 Å². The fraction of sp³-hybridized carbons (Fsp3) is 0.455. The molecule has 1 saturated carbocycles. The highest BCUT2D eigenvalue weighted by atomic mass is 16.5. The molecule has 0 radical (unpaired) electrons. The van der Waals surface area contributed by atoms with Gasteiger partial charge in [0.2, 0.25) is 5.91 Å². The maximum atomic E-state index is 12.5. The van der Waals surface area contributed by atoms with E-state index in [1.165, 1.54) is 32.1 Å². The Labute approximate surface area is 161 Å². The van der Waals surface area contributed by atoms with Crippen molar-refractivity contribution in [3.63, 3.8) is 0 Å². The first-order chi connectivity index (χ1) is 13.2. The molecule has 5 nitrogen and oxygen atoms in total. The molecule has 0 aliphatic heterocycles. The van der Waals surface area contributed by atoms with Crippen LogP contribution in [0.4, 0.5) is 5.82 Å². The van der Waals surface area contributed by atoms with Gasteiger partial charge < -0.3 is 14.8 Å². The summed E-state index contributed by atoms with van der Waals surface area (Å²) in [5, 5.41) is 2.88. The Morgan fingerprint density at radius 2 is 2.00 bits per heavy atom. The molecule has 1 amide bonds. The minimum absolute atomic E-state index is 0.123. The predicted octanol–water partition coefficient (Wildman–Crippen LogP) is 4.54. The number of nitrogens with one attached hydrogen (secondary N) is 1. The summed E-state index contributed by atoms with van der Waals surface area (Å²) in [4.78, 5) is 16.8. The molecule has 1 fully saturated rings. The number of ether oxygens (including phenoxy) is 2. The van der Waals surface area contributed by atoms with E-state index in [0.29, 0.717) is 24.1 Å². The van der Waals surface area contributed by atoms with Crippen LogP contribution in [0.15, 0.2) is 36.5 Å². The van der Waals surface area contributed by atoms with E-state index in [1.807, 2.05) is 37.3 Å². The van der Waals surface area contributed by atoms with Crippen molar-refractivity contribution in [1.82, 2.24) is 4.98 Å². The van der Waals surface area contributed by atoms with Gasteiger partial charge in [-0.15, -0.1) is 0 Å². The molecule has 0 saturated heterocycles. The Balaban J connectivity index is 1.60. The highest BCUT2D eigenvalue weighted by Crippen LogP contribution is 2.27. The lowest BCUT2D eigenvalue weighted by molar-refractivity contribution is -0.115. The van der Waals surface area contributed by atoms with Gasteiger partial charge in [-0.3, -0.25) is 4.79 Å². The number of hydrogen-bond donors (Lipinski definition) is 1. The number of amides is 1. The number of pyridine rings is 1. The number of rotatable bonds is 7. The van der Waals surface area contributed by atoms with Gasteiger partial charge in [0.05, 0.1) is 20.1 Å². The van der Waals surface area contributed by atoms with Crippen molar-refractivity contribution in [3.05, 3.63) is 47.7 Å². The fourth-order valence-electron chi connectivity index (χ4n) is 3.50. The van der Waals surface area contributed by atoms with Gasteiger partial charge in [-0.05, 0) is 55.0 Å². The number of anilines is 1. The molecule has 1 N–H and O–H groups in total. The number of benzene rings is 1. The third-order valence-electron chi connectivity index (χ3n) is 5.06. The van der Waals surface area contributed by atoms with Crippen LogP contribution in [0.1, 0.15) is 43.2 Å². The van der Waals surface area contributed by atoms with Crippen LogP contribution >= 0.6 is 0 Å². The Kier molecular flexibility index (Phi) is 6.69. The lowest BCUT2D eigenvalue weighted by Crippen LogP contribution is -2.18. The van der Waals surface area contributed by atoms with Gasteiger partial charge in [0.25, 0.3) is 0 Å². The Morgan fingerprint density at radius 1 is 1.19 bits per heavy atom. The molecule has 0 atom stereocenters. The number of carbonyl (C=O) groups excluding carboxylic acids is 1. The average Bonchev–Trinajstić information content (AvgIpc) is 2.69. The van der Waals surface area contributed by atoms with Crippen molar-refractivity contribution in [3.8, 4) is 11.5 Å². The average molecular weight is 368 g/mol. The molecule has 5 heteroatoms. The number of aromatic nitrogens is 1. The van der Waals surface area contributed by atoms with Gasteiger partial charge in [-0.25, -0.2) is 4.98 Å². The van der Waals surface area contributed by atoms with E-state index in [1.54, 1.807) is 13.3 Å². The Bertz CT molecular complexity index is 770. The second kappa shape index (κ2) is 9.40. The Morgan fingerprint density at radius 3 is 2.78 bits per heavy atom. The zero-order chi connectivity index (χ0) is 19.1. The van der Waals surface area contributed by atoms with Crippen LogP contribution in [0.3, 0.4) is 0 Å². The van der Waals surface area contributed by atoms with Crippen molar-refractivity contribution < 1.29 is 14.3 Å². The molecule has 1 aromatic carbocycles. The number of methoxy groups -OCH3 is 1. The van der Waals surface area contributed by atoms with Gasteiger partial charge in [0.1, 0.15) is 5.75 Å². The quantitative estimate of drug-likeness (QED) is 0.779. The third kappa shape index (κ3) is 5.46. The number of carbonyl (C=O) groups is 1. The summed E-state index contributed by atoms with van der Waals surface area (Å²) in [6.07, 6.45) is 8.26. The van der Waals surface area contributed by atoms with Crippen LogP contribution in [-0.2, 0) is 11.2 Å². The van der Waals surface area contributed by atoms with Gasteiger partial charge in [-0.2, -0.15) is 0 Å². The smallest absolute Gasteiger partial charge is 0.230 e. The topological polar surface area (TPSA) is 60.5 Å². The number of hydrogen-bond acceptors (Lipinski definition) is 4. The van der Waals surface area contributed by atoms with Crippen molar-refractivity contribution in [2.24, 2.45) is 5.92 Å². The van der Waals surface area contributed by atoms with Gasteiger partial charge in [0, 0.05) is 6.20 Å².